The van der Waals surface area contributed by atoms with E-state index in [1.165, 1.54) is 22.4 Å². The van der Waals surface area contributed by atoms with E-state index in [1.807, 2.05) is 6.07 Å². The molecule has 1 aromatic heterocycles. The average molecular weight is 433 g/mol. The van der Waals surface area contributed by atoms with Crippen LogP contribution in [-0.2, 0) is 0 Å². The summed E-state index contributed by atoms with van der Waals surface area (Å²) < 4.78 is 5.31. The van der Waals surface area contributed by atoms with E-state index in [2.05, 4.69) is 59.6 Å². The largest absolute Gasteiger partial charge is 0.423 e. The fourth-order valence-corrected chi connectivity index (χ4v) is 4.76. The van der Waals surface area contributed by atoms with Gasteiger partial charge in [-0.15, -0.1) is 0 Å². The van der Waals surface area contributed by atoms with Crippen LogP contribution in [0.1, 0.15) is 31.4 Å². The van der Waals surface area contributed by atoms with Crippen molar-refractivity contribution >= 4 is 39.0 Å². The highest BCUT2D eigenvalue weighted by Gasteiger charge is 2.24. The van der Waals surface area contributed by atoms with Gasteiger partial charge in [0.1, 0.15) is 5.58 Å². The van der Waals surface area contributed by atoms with E-state index in [9.17, 15) is 4.79 Å². The van der Waals surface area contributed by atoms with E-state index in [0.717, 1.165) is 37.0 Å². The van der Waals surface area contributed by atoms with E-state index in [-0.39, 0.29) is 5.63 Å². The van der Waals surface area contributed by atoms with E-state index < -0.39 is 0 Å². The lowest BCUT2D eigenvalue weighted by atomic mass is 9.98. The van der Waals surface area contributed by atoms with Crippen molar-refractivity contribution in [3.05, 3.63) is 87.7 Å². The Morgan fingerprint density at radius 1 is 1.00 bits per heavy atom. The van der Waals surface area contributed by atoms with Crippen LogP contribution in [0.5, 0.6) is 0 Å². The van der Waals surface area contributed by atoms with Crippen LogP contribution in [0.15, 0.2) is 75.9 Å². The highest BCUT2D eigenvalue weighted by molar-refractivity contribution is 6.31. The van der Waals surface area contributed by atoms with Crippen LogP contribution in [0.2, 0.25) is 5.02 Å². The highest BCUT2D eigenvalue weighted by atomic mass is 35.5. The Kier molecular flexibility index (Phi) is 5.43. The second kappa shape index (κ2) is 8.37. The van der Waals surface area contributed by atoms with Crippen molar-refractivity contribution in [3.63, 3.8) is 0 Å². The van der Waals surface area contributed by atoms with Crippen molar-refractivity contribution in [2.45, 2.75) is 31.8 Å². The molecule has 1 fully saturated rings. The lowest BCUT2D eigenvalue weighted by molar-refractivity contribution is 0.168. The summed E-state index contributed by atoms with van der Waals surface area (Å²) in [7, 11) is 0. The fourth-order valence-electron chi connectivity index (χ4n) is 4.58. The van der Waals surface area contributed by atoms with Gasteiger partial charge >= 0.3 is 5.63 Å². The van der Waals surface area contributed by atoms with E-state index in [4.69, 9.17) is 16.0 Å². The molecule has 1 aliphatic rings. The van der Waals surface area contributed by atoms with Crippen LogP contribution in [-0.4, -0.2) is 24.0 Å². The van der Waals surface area contributed by atoms with Crippen LogP contribution >= 0.6 is 11.6 Å². The molecule has 0 radical (unpaired) electrons. The number of nitrogens with one attached hydrogen (secondary N) is 1. The third kappa shape index (κ3) is 4.18. The van der Waals surface area contributed by atoms with Gasteiger partial charge in [0.2, 0.25) is 0 Å². The number of anilines is 1. The number of piperidine rings is 1. The Bertz CT molecular complexity index is 1290. The fraction of sp³-hybridized carbons (Fsp3) is 0.269. The molecule has 0 saturated carbocycles. The van der Waals surface area contributed by atoms with Crippen LogP contribution in [0.4, 0.5) is 5.69 Å². The van der Waals surface area contributed by atoms with Gasteiger partial charge in [0.25, 0.3) is 0 Å². The average Bonchev–Trinajstić information content (AvgIpc) is 2.79. The third-order valence-corrected chi connectivity index (χ3v) is 6.63. The molecule has 0 unspecified atom stereocenters. The summed E-state index contributed by atoms with van der Waals surface area (Å²) in [4.78, 5) is 14.5. The van der Waals surface area contributed by atoms with Gasteiger partial charge < -0.3 is 9.73 Å². The lowest BCUT2D eigenvalue weighted by Gasteiger charge is -2.37. The molecule has 0 spiro atoms. The summed E-state index contributed by atoms with van der Waals surface area (Å²) in [5.41, 5.74) is 2.36. The maximum Gasteiger partial charge on any atom is 0.338 e. The smallest absolute Gasteiger partial charge is 0.338 e. The van der Waals surface area contributed by atoms with Gasteiger partial charge in [-0.25, -0.2) is 4.79 Å². The molecule has 0 bridgehead atoms. The molecule has 1 atom stereocenters. The zero-order valence-electron chi connectivity index (χ0n) is 17.5. The number of nitrogens with zero attached hydrogens (tertiary/aromatic N) is 1. The van der Waals surface area contributed by atoms with Crippen LogP contribution in [0, 0.1) is 0 Å². The quantitative estimate of drug-likeness (QED) is 0.388. The predicted octanol–water partition coefficient (Wildman–Crippen LogP) is 6.24. The van der Waals surface area contributed by atoms with Gasteiger partial charge in [0.05, 0.1) is 5.69 Å². The third-order valence-electron chi connectivity index (χ3n) is 6.40. The number of hydrogen-bond donors (Lipinski definition) is 1. The maximum absolute atomic E-state index is 12.0. The molecule has 158 valence electrons. The normalized spacial score (nSPS) is 16.6. The van der Waals surface area contributed by atoms with E-state index >= 15 is 0 Å². The van der Waals surface area contributed by atoms with Gasteiger partial charge in [0.15, 0.2) is 0 Å². The molecule has 3 aromatic carbocycles. The molecule has 0 aliphatic carbocycles. The lowest BCUT2D eigenvalue weighted by Crippen LogP contribution is -2.40. The Labute approximate surface area is 186 Å². The summed E-state index contributed by atoms with van der Waals surface area (Å²) in [6.07, 6.45) is 2.03. The zero-order chi connectivity index (χ0) is 21.4. The van der Waals surface area contributed by atoms with Crippen LogP contribution in [0.25, 0.3) is 21.7 Å². The second-order valence-corrected chi connectivity index (χ2v) is 8.79. The number of halogens is 1. The van der Waals surface area contributed by atoms with Gasteiger partial charge in [-0.05, 0) is 60.4 Å². The minimum atomic E-state index is -0.348. The molecule has 2 heterocycles. The minimum absolute atomic E-state index is 0.309. The van der Waals surface area contributed by atoms with Crippen LogP contribution in [0.3, 0.4) is 0 Å². The molecule has 5 rings (SSSR count). The first-order valence-corrected chi connectivity index (χ1v) is 11.2. The molecular weight excluding hydrogens is 408 g/mol. The summed E-state index contributed by atoms with van der Waals surface area (Å²) >= 11 is 6.17. The van der Waals surface area contributed by atoms with Gasteiger partial charge in [-0.1, -0.05) is 48.0 Å². The number of rotatable bonds is 4. The van der Waals surface area contributed by atoms with Crippen molar-refractivity contribution in [3.8, 4) is 0 Å². The SMILES string of the molecule is C[C@@H](c1ccc2ccccc2c1)N1CCC(Nc2cc(=O)oc3ccc(Cl)cc23)CC1. The first-order chi connectivity index (χ1) is 15.1. The van der Waals surface area contributed by atoms with E-state index in [0.29, 0.717) is 22.7 Å². The first kappa shape index (κ1) is 20.1. The monoisotopic (exact) mass is 432 g/mol. The minimum Gasteiger partial charge on any atom is -0.423 e. The molecule has 0 amide bonds. The summed E-state index contributed by atoms with van der Waals surface area (Å²) in [5.74, 6) is 0. The summed E-state index contributed by atoms with van der Waals surface area (Å²) in [5, 5.41) is 7.61. The number of fused-ring (bicyclic) bond motifs is 2. The van der Waals surface area contributed by atoms with Gasteiger partial charge in [-0.2, -0.15) is 0 Å². The Hall–Kier alpha value is -2.82. The Morgan fingerprint density at radius 3 is 2.58 bits per heavy atom. The molecule has 4 nitrogen and oxygen atoms in total. The highest BCUT2D eigenvalue weighted by Crippen LogP contribution is 2.30. The number of likely N-dealkylation sites (tertiary alicyclic amines) is 1. The first-order valence-electron chi connectivity index (χ1n) is 10.8. The molecule has 1 saturated heterocycles. The maximum atomic E-state index is 12.0. The number of hydrogen-bond acceptors (Lipinski definition) is 4. The van der Waals surface area contributed by atoms with Crippen LogP contribution < -0.4 is 10.9 Å². The molecule has 5 heteroatoms. The summed E-state index contributed by atoms with van der Waals surface area (Å²) in [6, 6.07) is 22.8. The zero-order valence-corrected chi connectivity index (χ0v) is 18.2. The molecular formula is C26H25ClN2O2. The topological polar surface area (TPSA) is 45.5 Å². The molecule has 1 N–H and O–H groups in total. The second-order valence-electron chi connectivity index (χ2n) is 8.36. The summed E-state index contributed by atoms with van der Waals surface area (Å²) in [6.45, 7) is 4.30. The Balaban J connectivity index is 1.29. The van der Waals surface area contributed by atoms with Crippen molar-refractivity contribution in [1.82, 2.24) is 4.90 Å². The molecule has 31 heavy (non-hydrogen) atoms. The number of benzene rings is 3. The van der Waals surface area contributed by atoms with E-state index in [1.54, 1.807) is 12.1 Å². The molecule has 1 aliphatic heterocycles. The Morgan fingerprint density at radius 2 is 1.77 bits per heavy atom. The van der Waals surface area contributed by atoms with Crippen molar-refractivity contribution < 1.29 is 4.42 Å². The van der Waals surface area contributed by atoms with Gasteiger partial charge in [0, 0.05) is 41.6 Å². The standard InChI is InChI=1S/C26H25ClN2O2/c1-17(19-7-6-18-4-2-3-5-20(18)14-19)29-12-10-22(11-13-29)28-24-16-26(30)31-25-9-8-21(27)15-23(24)25/h2-9,14-17,22,28H,10-13H2,1H3/t17-/m0/s1. The predicted molar refractivity (Wildman–Crippen MR) is 128 cm³/mol. The van der Waals surface area contributed by atoms with Gasteiger partial charge in [-0.3, -0.25) is 4.90 Å². The van der Waals surface area contributed by atoms with Crippen molar-refractivity contribution in [2.75, 3.05) is 18.4 Å². The molecule has 4 aromatic rings. The van der Waals surface area contributed by atoms with Crippen molar-refractivity contribution in [1.29, 1.82) is 0 Å². The van der Waals surface area contributed by atoms with Crippen molar-refractivity contribution in [2.24, 2.45) is 0 Å².